The Labute approximate surface area is 118 Å². The molecule has 0 aliphatic rings. The fraction of sp³-hybridized carbons (Fsp3) is 0.500. The monoisotopic (exact) mass is 275 g/mol. The summed E-state index contributed by atoms with van der Waals surface area (Å²) in [5.41, 5.74) is 0.883. The highest BCUT2D eigenvalue weighted by molar-refractivity contribution is 5.35. The molecule has 0 saturated carbocycles. The molecule has 1 N–H and O–H groups in total. The Balaban J connectivity index is 2.23. The molecule has 0 saturated heterocycles. The first-order chi connectivity index (χ1) is 9.63. The minimum absolute atomic E-state index is 0.0121. The van der Waals surface area contributed by atoms with Crippen LogP contribution in [0, 0.1) is 6.92 Å². The maximum absolute atomic E-state index is 12.1. The third-order valence-corrected chi connectivity index (χ3v) is 2.95. The van der Waals surface area contributed by atoms with Gasteiger partial charge in [-0.2, -0.15) is 0 Å². The van der Waals surface area contributed by atoms with E-state index in [1.807, 2.05) is 26.1 Å². The van der Waals surface area contributed by atoms with Crippen molar-refractivity contribution in [3.05, 3.63) is 40.5 Å². The van der Waals surface area contributed by atoms with Crippen molar-refractivity contribution in [3.63, 3.8) is 0 Å². The molecule has 0 aliphatic heterocycles. The van der Waals surface area contributed by atoms with Gasteiger partial charge in [0.1, 0.15) is 5.82 Å². The van der Waals surface area contributed by atoms with Crippen LogP contribution in [0.1, 0.15) is 31.8 Å². The van der Waals surface area contributed by atoms with Gasteiger partial charge in [-0.25, -0.2) is 14.8 Å². The van der Waals surface area contributed by atoms with E-state index >= 15 is 0 Å². The van der Waals surface area contributed by atoms with Gasteiger partial charge < -0.3 is 5.32 Å². The van der Waals surface area contributed by atoms with E-state index in [-0.39, 0.29) is 5.69 Å². The third-order valence-electron chi connectivity index (χ3n) is 2.95. The molecule has 0 bridgehead atoms. The van der Waals surface area contributed by atoms with Gasteiger partial charge in [-0.3, -0.25) is 9.13 Å². The van der Waals surface area contributed by atoms with E-state index in [0.29, 0.717) is 12.4 Å². The molecule has 108 valence electrons. The van der Waals surface area contributed by atoms with Gasteiger partial charge in [-0.15, -0.1) is 0 Å². The molecule has 2 rings (SSSR count). The van der Waals surface area contributed by atoms with Crippen LogP contribution >= 0.6 is 0 Å². The van der Waals surface area contributed by atoms with Crippen LogP contribution in [0.25, 0.3) is 0 Å². The van der Waals surface area contributed by atoms with Crippen molar-refractivity contribution < 1.29 is 0 Å². The van der Waals surface area contributed by atoms with Crippen LogP contribution < -0.4 is 11.0 Å². The summed E-state index contributed by atoms with van der Waals surface area (Å²) in [6.45, 7) is 7.95. The first kappa shape index (κ1) is 14.3. The minimum Gasteiger partial charge on any atom is -0.370 e. The number of hydrogen-bond acceptors (Lipinski definition) is 4. The quantitative estimate of drug-likeness (QED) is 0.870. The molecule has 2 aromatic rings. The van der Waals surface area contributed by atoms with Crippen molar-refractivity contribution in [1.29, 1.82) is 0 Å². The maximum Gasteiger partial charge on any atom is 0.328 e. The van der Waals surface area contributed by atoms with Gasteiger partial charge >= 0.3 is 5.69 Å². The largest absolute Gasteiger partial charge is 0.370 e. The summed E-state index contributed by atoms with van der Waals surface area (Å²) < 4.78 is 3.35. The van der Waals surface area contributed by atoms with Crippen molar-refractivity contribution in [2.75, 3.05) is 11.9 Å². The molecule has 0 spiro atoms. The minimum atomic E-state index is -0.0121. The maximum atomic E-state index is 12.1. The van der Waals surface area contributed by atoms with E-state index < -0.39 is 0 Å². The summed E-state index contributed by atoms with van der Waals surface area (Å²) >= 11 is 0. The summed E-state index contributed by atoms with van der Waals surface area (Å²) in [4.78, 5) is 20.9. The Hall–Kier alpha value is -2.11. The van der Waals surface area contributed by atoms with Gasteiger partial charge in [0.2, 0.25) is 0 Å². The van der Waals surface area contributed by atoms with Gasteiger partial charge in [0.25, 0.3) is 0 Å². The van der Waals surface area contributed by atoms with Crippen LogP contribution in [-0.2, 0) is 13.1 Å². The van der Waals surface area contributed by atoms with E-state index in [1.54, 1.807) is 15.3 Å². The predicted octanol–water partition coefficient (Wildman–Crippen LogP) is 1.64. The molecule has 0 radical (unpaired) electrons. The van der Waals surface area contributed by atoms with Crippen LogP contribution in [0.2, 0.25) is 0 Å². The molecule has 2 aromatic heterocycles. The lowest BCUT2D eigenvalue weighted by Crippen LogP contribution is -2.25. The zero-order chi connectivity index (χ0) is 14.5. The highest BCUT2D eigenvalue weighted by Crippen LogP contribution is 2.06. The fourth-order valence-corrected chi connectivity index (χ4v) is 2.11. The molecule has 0 atom stereocenters. The third kappa shape index (κ3) is 3.26. The Morgan fingerprint density at radius 2 is 1.95 bits per heavy atom. The van der Waals surface area contributed by atoms with Gasteiger partial charge in [-0.1, -0.05) is 6.92 Å². The molecule has 6 heteroatoms. The summed E-state index contributed by atoms with van der Waals surface area (Å²) in [6.07, 6.45) is 4.54. The predicted molar refractivity (Wildman–Crippen MR) is 79.0 cm³/mol. The molecule has 0 amide bonds. The van der Waals surface area contributed by atoms with Crippen LogP contribution in [0.3, 0.4) is 0 Å². The Morgan fingerprint density at radius 1 is 1.20 bits per heavy atom. The van der Waals surface area contributed by atoms with Gasteiger partial charge in [-0.05, 0) is 20.3 Å². The number of nitrogens with zero attached hydrogens (tertiary/aromatic N) is 4. The summed E-state index contributed by atoms with van der Waals surface area (Å²) in [6, 6.07) is 1.90. The van der Waals surface area contributed by atoms with Crippen molar-refractivity contribution in [2.24, 2.45) is 0 Å². The molecule has 2 heterocycles. The zero-order valence-electron chi connectivity index (χ0n) is 12.3. The van der Waals surface area contributed by atoms with Crippen molar-refractivity contribution in [3.8, 4) is 0 Å². The second-order valence-corrected chi connectivity index (χ2v) is 4.74. The Kier molecular flexibility index (Phi) is 4.55. The molecular weight excluding hydrogens is 254 g/mol. The van der Waals surface area contributed by atoms with Crippen molar-refractivity contribution >= 4 is 5.82 Å². The van der Waals surface area contributed by atoms with Crippen LogP contribution in [0.5, 0.6) is 0 Å². The molecule has 0 aliphatic carbocycles. The van der Waals surface area contributed by atoms with E-state index in [1.165, 1.54) is 0 Å². The van der Waals surface area contributed by atoms with Crippen molar-refractivity contribution in [1.82, 2.24) is 19.1 Å². The molecular formula is C14H21N5O. The lowest BCUT2D eigenvalue weighted by molar-refractivity contribution is 0.616. The number of aromatic nitrogens is 4. The molecule has 0 fully saturated rings. The molecule has 20 heavy (non-hydrogen) atoms. The smallest absolute Gasteiger partial charge is 0.328 e. The Bertz CT molecular complexity index is 629. The highest BCUT2D eigenvalue weighted by Gasteiger charge is 2.07. The fourth-order valence-electron chi connectivity index (χ4n) is 2.11. The second kappa shape index (κ2) is 6.36. The lowest BCUT2D eigenvalue weighted by Gasteiger charge is -2.07. The van der Waals surface area contributed by atoms with Gasteiger partial charge in [0, 0.05) is 37.2 Å². The summed E-state index contributed by atoms with van der Waals surface area (Å²) in [5, 5.41) is 3.17. The topological polar surface area (TPSA) is 64.7 Å². The first-order valence-corrected chi connectivity index (χ1v) is 6.98. The molecule has 6 nitrogen and oxygen atoms in total. The molecule has 0 aromatic carbocycles. The normalized spacial score (nSPS) is 10.8. The zero-order valence-corrected chi connectivity index (χ0v) is 12.3. The SMILES string of the molecule is CCCn1ccn(Cc2nc(C)cc(NCC)n2)c1=O. The number of aryl methyl sites for hydroxylation is 2. The summed E-state index contributed by atoms with van der Waals surface area (Å²) in [7, 11) is 0. The number of imidazole rings is 1. The van der Waals surface area contributed by atoms with Crippen LogP contribution in [0.4, 0.5) is 5.82 Å². The number of hydrogen-bond donors (Lipinski definition) is 1. The van der Waals surface area contributed by atoms with E-state index in [4.69, 9.17) is 0 Å². The van der Waals surface area contributed by atoms with E-state index in [2.05, 4.69) is 22.2 Å². The van der Waals surface area contributed by atoms with E-state index in [0.717, 1.165) is 31.0 Å². The number of nitrogens with one attached hydrogen (secondary N) is 1. The van der Waals surface area contributed by atoms with Gasteiger partial charge in [0.15, 0.2) is 5.82 Å². The number of anilines is 1. The van der Waals surface area contributed by atoms with Crippen molar-refractivity contribution in [2.45, 2.75) is 40.3 Å². The van der Waals surface area contributed by atoms with Crippen LogP contribution in [-0.4, -0.2) is 25.6 Å². The average molecular weight is 275 g/mol. The standard InChI is InChI=1S/C14H21N5O/c1-4-6-18-7-8-19(14(18)20)10-13-16-11(3)9-12(17-13)15-5-2/h7-9H,4-6,10H2,1-3H3,(H,15,16,17). The Morgan fingerprint density at radius 3 is 2.65 bits per heavy atom. The lowest BCUT2D eigenvalue weighted by atomic mass is 10.4. The van der Waals surface area contributed by atoms with Gasteiger partial charge in [0.05, 0.1) is 6.54 Å². The highest BCUT2D eigenvalue weighted by atomic mass is 16.1. The average Bonchev–Trinajstić information content (AvgIpc) is 2.72. The first-order valence-electron chi connectivity index (χ1n) is 6.98. The summed E-state index contributed by atoms with van der Waals surface area (Å²) in [5.74, 6) is 1.45. The molecule has 0 unspecified atom stereocenters. The van der Waals surface area contributed by atoms with E-state index in [9.17, 15) is 4.79 Å². The second-order valence-electron chi connectivity index (χ2n) is 4.74. The van der Waals surface area contributed by atoms with Crippen LogP contribution in [0.15, 0.2) is 23.3 Å². The number of rotatable bonds is 6.